The number of nitriles is 1. The maximum atomic E-state index is 10.9. The first-order valence-electron chi connectivity index (χ1n) is 3.50. The van der Waals surface area contributed by atoms with Gasteiger partial charge in [0.05, 0.1) is 7.11 Å². The molecule has 0 aliphatic heterocycles. The predicted molar refractivity (Wildman–Crippen MR) is 38.5 cm³/mol. The Hall–Kier alpha value is -1.30. The summed E-state index contributed by atoms with van der Waals surface area (Å²) in [5.41, 5.74) is 1.15. The van der Waals surface area contributed by atoms with Gasteiger partial charge in [-0.1, -0.05) is 0 Å². The molecule has 1 fully saturated rings. The van der Waals surface area contributed by atoms with E-state index < -0.39 is 5.97 Å². The Kier molecular flexibility index (Phi) is 2.27. The molecule has 0 amide bonds. The minimum atomic E-state index is -0.498. The summed E-state index contributed by atoms with van der Waals surface area (Å²) in [6.07, 6.45) is 2.83. The smallest absolute Gasteiger partial charge is 0.348 e. The van der Waals surface area contributed by atoms with Crippen molar-refractivity contribution in [3.63, 3.8) is 0 Å². The van der Waals surface area contributed by atoms with Gasteiger partial charge in [0.15, 0.2) is 0 Å². The Bertz CT molecular complexity index is 241. The van der Waals surface area contributed by atoms with Crippen LogP contribution in [0.15, 0.2) is 11.1 Å². The van der Waals surface area contributed by atoms with Crippen molar-refractivity contribution in [3.8, 4) is 6.07 Å². The molecule has 0 atom stereocenters. The average Bonchev–Trinajstić information content (AvgIpc) is 1.94. The topological polar surface area (TPSA) is 50.1 Å². The van der Waals surface area contributed by atoms with Crippen molar-refractivity contribution >= 4 is 5.97 Å². The zero-order chi connectivity index (χ0) is 8.27. The first kappa shape index (κ1) is 7.80. The fraction of sp³-hybridized carbons (Fsp3) is 0.500. The summed E-state index contributed by atoms with van der Waals surface area (Å²) in [4.78, 5) is 10.9. The molecule has 0 radical (unpaired) electrons. The number of ether oxygens (including phenoxy) is 1. The van der Waals surface area contributed by atoms with Crippen LogP contribution in [0.5, 0.6) is 0 Å². The lowest BCUT2D eigenvalue weighted by molar-refractivity contribution is -0.135. The molecule has 3 nitrogen and oxygen atoms in total. The molecule has 0 aromatic heterocycles. The summed E-state index contributed by atoms with van der Waals surface area (Å²) in [6.45, 7) is 0. The summed E-state index contributed by atoms with van der Waals surface area (Å²) in [6, 6.07) is 1.86. The fourth-order valence-corrected chi connectivity index (χ4v) is 0.975. The zero-order valence-electron chi connectivity index (χ0n) is 6.39. The van der Waals surface area contributed by atoms with Gasteiger partial charge in [-0.05, 0) is 24.8 Å². The zero-order valence-corrected chi connectivity index (χ0v) is 6.39. The van der Waals surface area contributed by atoms with Crippen molar-refractivity contribution in [2.24, 2.45) is 0 Å². The Morgan fingerprint density at radius 1 is 1.64 bits per heavy atom. The van der Waals surface area contributed by atoms with Crippen LogP contribution in [0.2, 0.25) is 0 Å². The van der Waals surface area contributed by atoms with E-state index in [1.165, 1.54) is 7.11 Å². The lowest BCUT2D eigenvalue weighted by Gasteiger charge is -2.16. The number of esters is 1. The monoisotopic (exact) mass is 151 g/mol. The molecular weight excluding hydrogens is 142 g/mol. The van der Waals surface area contributed by atoms with E-state index in [9.17, 15) is 4.79 Å². The number of nitrogens with zero attached hydrogens (tertiary/aromatic N) is 1. The van der Waals surface area contributed by atoms with Crippen molar-refractivity contribution in [3.05, 3.63) is 11.1 Å². The van der Waals surface area contributed by atoms with E-state index in [-0.39, 0.29) is 5.57 Å². The van der Waals surface area contributed by atoms with Gasteiger partial charge in [0.2, 0.25) is 0 Å². The highest BCUT2D eigenvalue weighted by atomic mass is 16.5. The quantitative estimate of drug-likeness (QED) is 0.321. The van der Waals surface area contributed by atoms with Gasteiger partial charge in [-0.2, -0.15) is 5.26 Å². The van der Waals surface area contributed by atoms with Crippen molar-refractivity contribution in [2.75, 3.05) is 7.11 Å². The van der Waals surface area contributed by atoms with E-state index in [0.29, 0.717) is 0 Å². The van der Waals surface area contributed by atoms with Gasteiger partial charge in [0.25, 0.3) is 0 Å². The largest absolute Gasteiger partial charge is 0.465 e. The molecule has 1 rings (SSSR count). The number of methoxy groups -OCH3 is 1. The van der Waals surface area contributed by atoms with E-state index in [1.54, 1.807) is 0 Å². The van der Waals surface area contributed by atoms with Crippen molar-refractivity contribution in [1.82, 2.24) is 0 Å². The molecule has 1 aliphatic carbocycles. The summed E-state index contributed by atoms with van der Waals surface area (Å²) < 4.78 is 4.44. The van der Waals surface area contributed by atoms with Crippen molar-refractivity contribution in [1.29, 1.82) is 5.26 Å². The van der Waals surface area contributed by atoms with E-state index in [1.807, 2.05) is 6.07 Å². The highest BCUT2D eigenvalue weighted by Crippen LogP contribution is 2.28. The average molecular weight is 151 g/mol. The van der Waals surface area contributed by atoms with E-state index in [2.05, 4.69) is 4.74 Å². The molecule has 0 aromatic carbocycles. The van der Waals surface area contributed by atoms with Gasteiger partial charge in [-0.25, -0.2) is 4.79 Å². The predicted octanol–water partition coefficient (Wildman–Crippen LogP) is 1.16. The third-order valence-electron chi connectivity index (χ3n) is 1.81. The number of hydrogen-bond acceptors (Lipinski definition) is 3. The van der Waals surface area contributed by atoms with Gasteiger partial charge in [-0.15, -0.1) is 0 Å². The summed E-state index contributed by atoms with van der Waals surface area (Å²) in [5, 5.41) is 8.55. The molecule has 0 N–H and O–H groups in total. The normalized spacial score (nSPS) is 14.7. The Balaban J connectivity index is 2.80. The van der Waals surface area contributed by atoms with Crippen LogP contribution < -0.4 is 0 Å². The number of hydrogen-bond donors (Lipinski definition) is 0. The van der Waals surface area contributed by atoms with Gasteiger partial charge >= 0.3 is 5.97 Å². The fourth-order valence-electron chi connectivity index (χ4n) is 0.975. The molecule has 0 aromatic rings. The van der Waals surface area contributed by atoms with Gasteiger partial charge in [0, 0.05) is 0 Å². The van der Waals surface area contributed by atoms with Gasteiger partial charge in [-0.3, -0.25) is 0 Å². The van der Waals surface area contributed by atoms with Gasteiger partial charge < -0.3 is 4.74 Å². The number of carbonyl (C=O) groups excluding carboxylic acids is 1. The molecule has 1 aliphatic rings. The lowest BCUT2D eigenvalue weighted by atomic mass is 9.88. The first-order valence-corrected chi connectivity index (χ1v) is 3.50. The molecule has 11 heavy (non-hydrogen) atoms. The first-order chi connectivity index (χ1) is 5.29. The van der Waals surface area contributed by atoms with Crippen molar-refractivity contribution < 1.29 is 9.53 Å². The van der Waals surface area contributed by atoms with Crippen LogP contribution in [0.3, 0.4) is 0 Å². The van der Waals surface area contributed by atoms with Crippen LogP contribution in [-0.2, 0) is 9.53 Å². The maximum Gasteiger partial charge on any atom is 0.348 e. The molecule has 0 heterocycles. The highest BCUT2D eigenvalue weighted by molar-refractivity contribution is 5.93. The highest BCUT2D eigenvalue weighted by Gasteiger charge is 2.20. The van der Waals surface area contributed by atoms with E-state index in [0.717, 1.165) is 24.8 Å². The van der Waals surface area contributed by atoms with Crippen LogP contribution in [0.4, 0.5) is 0 Å². The van der Waals surface area contributed by atoms with Crippen LogP contribution in [0.1, 0.15) is 19.3 Å². The summed E-state index contributed by atoms with van der Waals surface area (Å²) in [5.74, 6) is -0.498. The van der Waals surface area contributed by atoms with E-state index in [4.69, 9.17) is 5.26 Å². The molecular formula is C8H9NO2. The second kappa shape index (κ2) is 3.20. The Morgan fingerprint density at radius 3 is 2.55 bits per heavy atom. The van der Waals surface area contributed by atoms with Crippen LogP contribution in [0.25, 0.3) is 0 Å². The molecule has 0 saturated heterocycles. The second-order valence-corrected chi connectivity index (χ2v) is 2.44. The summed E-state index contributed by atoms with van der Waals surface area (Å²) >= 11 is 0. The lowest BCUT2D eigenvalue weighted by Crippen LogP contribution is -2.10. The maximum absolute atomic E-state index is 10.9. The molecule has 0 bridgehead atoms. The molecule has 3 heteroatoms. The molecule has 0 unspecified atom stereocenters. The Morgan fingerprint density at radius 2 is 2.27 bits per heavy atom. The standard InChI is InChI=1S/C8H9NO2/c1-11-8(10)7(5-9)6-3-2-4-6/h2-4H2,1H3. The van der Waals surface area contributed by atoms with Crippen LogP contribution in [-0.4, -0.2) is 13.1 Å². The molecule has 58 valence electrons. The minimum Gasteiger partial charge on any atom is -0.465 e. The van der Waals surface area contributed by atoms with Crippen molar-refractivity contribution in [2.45, 2.75) is 19.3 Å². The summed E-state index contributed by atoms with van der Waals surface area (Å²) in [7, 11) is 1.29. The number of carbonyl (C=O) groups is 1. The molecule has 0 spiro atoms. The van der Waals surface area contributed by atoms with Gasteiger partial charge in [0.1, 0.15) is 11.6 Å². The Labute approximate surface area is 65.3 Å². The van der Waals surface area contributed by atoms with Crippen LogP contribution >= 0.6 is 0 Å². The second-order valence-electron chi connectivity index (χ2n) is 2.44. The third kappa shape index (κ3) is 1.40. The number of rotatable bonds is 1. The minimum absolute atomic E-state index is 0.207. The van der Waals surface area contributed by atoms with Crippen LogP contribution in [0, 0.1) is 11.3 Å². The van der Waals surface area contributed by atoms with E-state index >= 15 is 0 Å². The number of allylic oxidation sites excluding steroid dienone is 1. The molecule has 1 saturated carbocycles. The SMILES string of the molecule is COC(=O)C(C#N)=C1CCC1. The third-order valence-corrected chi connectivity index (χ3v) is 1.81.